The Kier molecular flexibility index (Phi) is 5.23. The van der Waals surface area contributed by atoms with Crippen molar-refractivity contribution >= 4 is 29.3 Å². The van der Waals surface area contributed by atoms with Crippen LogP contribution in [0.4, 0.5) is 0 Å². The highest BCUT2D eigenvalue weighted by Gasteiger charge is 2.40. The largest absolute Gasteiger partial charge is 0.320 e. The van der Waals surface area contributed by atoms with Crippen molar-refractivity contribution in [3.8, 4) is 0 Å². The molecular formula is C16H23ClN2OS. The van der Waals surface area contributed by atoms with Gasteiger partial charge in [0.2, 0.25) is 5.91 Å². The van der Waals surface area contributed by atoms with Crippen LogP contribution in [0.1, 0.15) is 38.9 Å². The highest BCUT2D eigenvalue weighted by molar-refractivity contribution is 7.99. The molecule has 1 heterocycles. The Hall–Kier alpha value is -0.710. The first-order valence-electron chi connectivity index (χ1n) is 7.25. The lowest BCUT2D eigenvalue weighted by molar-refractivity contribution is -0.130. The molecule has 2 unspecified atom stereocenters. The minimum absolute atomic E-state index is 0.0246. The smallest absolute Gasteiger partial charge is 0.241 e. The number of nitrogens with zero attached hydrogens (tertiary/aromatic N) is 1. The Morgan fingerprint density at radius 3 is 2.71 bits per heavy atom. The van der Waals surface area contributed by atoms with Crippen LogP contribution in [0.5, 0.6) is 0 Å². The molecule has 2 rings (SSSR count). The van der Waals surface area contributed by atoms with Crippen molar-refractivity contribution in [1.82, 2.24) is 10.2 Å². The number of carbonyl (C=O) groups is 1. The maximum Gasteiger partial charge on any atom is 0.241 e. The predicted molar refractivity (Wildman–Crippen MR) is 90.7 cm³/mol. The molecule has 2 atom stereocenters. The number of amides is 1. The highest BCUT2D eigenvalue weighted by Crippen LogP contribution is 2.32. The van der Waals surface area contributed by atoms with Gasteiger partial charge in [-0.2, -0.15) is 11.8 Å². The number of halogens is 1. The molecule has 3 nitrogen and oxygen atoms in total. The van der Waals surface area contributed by atoms with Gasteiger partial charge in [0.25, 0.3) is 0 Å². The molecule has 21 heavy (non-hydrogen) atoms. The third-order valence-corrected chi connectivity index (χ3v) is 5.40. The quantitative estimate of drug-likeness (QED) is 0.895. The fourth-order valence-electron chi connectivity index (χ4n) is 2.57. The van der Waals surface area contributed by atoms with Gasteiger partial charge in [0.05, 0.1) is 6.04 Å². The van der Waals surface area contributed by atoms with Crippen LogP contribution in [0.25, 0.3) is 0 Å². The fourth-order valence-corrected chi connectivity index (χ4v) is 3.04. The molecule has 1 saturated heterocycles. The van der Waals surface area contributed by atoms with E-state index < -0.39 is 0 Å². The summed E-state index contributed by atoms with van der Waals surface area (Å²) < 4.78 is 0.0246. The predicted octanol–water partition coefficient (Wildman–Crippen LogP) is 3.69. The van der Waals surface area contributed by atoms with Crippen molar-refractivity contribution in [2.45, 2.75) is 44.1 Å². The van der Waals surface area contributed by atoms with Crippen LogP contribution < -0.4 is 5.32 Å². The number of thioether (sulfide) groups is 1. The fraction of sp³-hybridized carbons (Fsp3) is 0.562. The molecule has 0 spiro atoms. The van der Waals surface area contributed by atoms with E-state index in [-0.39, 0.29) is 22.9 Å². The molecule has 1 aliphatic rings. The van der Waals surface area contributed by atoms with Gasteiger partial charge >= 0.3 is 0 Å². The normalized spacial score (nSPS) is 22.9. The second kappa shape index (κ2) is 6.59. The Morgan fingerprint density at radius 2 is 2.14 bits per heavy atom. The van der Waals surface area contributed by atoms with Crippen molar-refractivity contribution in [2.24, 2.45) is 0 Å². The Morgan fingerprint density at radius 1 is 1.43 bits per heavy atom. The summed E-state index contributed by atoms with van der Waals surface area (Å²) in [5, 5.41) is 4.14. The Labute approximate surface area is 136 Å². The third-order valence-electron chi connectivity index (χ3n) is 3.93. The molecule has 1 aliphatic heterocycles. The van der Waals surface area contributed by atoms with E-state index >= 15 is 0 Å². The van der Waals surface area contributed by atoms with Crippen molar-refractivity contribution in [3.63, 3.8) is 0 Å². The molecule has 0 bridgehead atoms. The maximum atomic E-state index is 12.6. The monoisotopic (exact) mass is 326 g/mol. The van der Waals surface area contributed by atoms with Crippen LogP contribution >= 0.6 is 23.4 Å². The van der Waals surface area contributed by atoms with Gasteiger partial charge in [-0.05, 0) is 44.2 Å². The molecule has 0 saturated carbocycles. The van der Waals surface area contributed by atoms with E-state index in [1.54, 1.807) is 11.8 Å². The summed E-state index contributed by atoms with van der Waals surface area (Å²) >= 11 is 7.88. The lowest BCUT2D eigenvalue weighted by atomic mass is 10.1. The molecule has 116 valence electrons. The van der Waals surface area contributed by atoms with E-state index in [2.05, 4.69) is 25.4 Å². The maximum absolute atomic E-state index is 12.6. The first-order valence-corrected chi connectivity index (χ1v) is 8.85. The molecule has 1 aromatic carbocycles. The van der Waals surface area contributed by atoms with E-state index in [4.69, 9.17) is 11.6 Å². The average molecular weight is 327 g/mol. The Bertz CT molecular complexity index is 521. The summed E-state index contributed by atoms with van der Waals surface area (Å²) in [7, 11) is 0. The van der Waals surface area contributed by atoms with Crippen LogP contribution in [0.15, 0.2) is 24.3 Å². The highest BCUT2D eigenvalue weighted by atomic mass is 35.5. The van der Waals surface area contributed by atoms with Crippen LogP contribution in [0, 0.1) is 0 Å². The zero-order chi connectivity index (χ0) is 15.6. The first-order chi connectivity index (χ1) is 9.88. The van der Waals surface area contributed by atoms with Gasteiger partial charge in [-0.15, -0.1) is 0 Å². The first kappa shape index (κ1) is 16.7. The van der Waals surface area contributed by atoms with Gasteiger partial charge in [0.1, 0.15) is 6.17 Å². The lowest BCUT2D eigenvalue weighted by Crippen LogP contribution is -2.40. The number of hydrogen-bond donors (Lipinski definition) is 1. The summed E-state index contributed by atoms with van der Waals surface area (Å²) in [6.45, 7) is 7.08. The van der Waals surface area contributed by atoms with Crippen molar-refractivity contribution < 1.29 is 4.79 Å². The molecule has 1 amide bonds. The number of benzene rings is 1. The number of hydrogen-bond acceptors (Lipinski definition) is 3. The van der Waals surface area contributed by atoms with Crippen molar-refractivity contribution in [3.05, 3.63) is 34.9 Å². The van der Waals surface area contributed by atoms with Crippen LogP contribution in [-0.4, -0.2) is 34.4 Å². The van der Waals surface area contributed by atoms with Gasteiger partial charge in [0, 0.05) is 16.3 Å². The second-order valence-electron chi connectivity index (χ2n) is 6.01. The molecule has 1 N–H and O–H groups in total. The summed E-state index contributed by atoms with van der Waals surface area (Å²) in [5.41, 5.74) is 1.05. The molecule has 1 fully saturated rings. The SMILES string of the molecule is CCC1NC(c2cccc(Cl)c2)N(CC(C)(C)SC)C1=O. The third kappa shape index (κ3) is 3.74. The zero-order valence-electron chi connectivity index (χ0n) is 13.0. The van der Waals surface area contributed by atoms with Gasteiger partial charge < -0.3 is 4.90 Å². The van der Waals surface area contributed by atoms with Gasteiger partial charge in [-0.25, -0.2) is 0 Å². The van der Waals surface area contributed by atoms with Crippen LogP contribution in [0.2, 0.25) is 5.02 Å². The standard InChI is InChI=1S/C16H23ClN2OS/c1-5-13-15(20)19(10-16(2,3)21-4)14(18-13)11-7-6-8-12(17)9-11/h6-9,13-14,18H,5,10H2,1-4H3. The second-order valence-corrected chi connectivity index (χ2v) is 7.96. The topological polar surface area (TPSA) is 32.3 Å². The minimum Gasteiger partial charge on any atom is -0.320 e. The lowest BCUT2D eigenvalue weighted by Gasteiger charge is -2.32. The molecule has 0 radical (unpaired) electrons. The molecule has 0 aromatic heterocycles. The van der Waals surface area contributed by atoms with E-state index in [0.717, 1.165) is 12.0 Å². The molecule has 0 aliphatic carbocycles. The molecule has 1 aromatic rings. The number of carbonyl (C=O) groups excluding carboxylic acids is 1. The zero-order valence-corrected chi connectivity index (χ0v) is 14.6. The van der Waals surface area contributed by atoms with E-state index in [0.29, 0.717) is 11.6 Å². The van der Waals surface area contributed by atoms with Crippen molar-refractivity contribution in [2.75, 3.05) is 12.8 Å². The van der Waals surface area contributed by atoms with Crippen LogP contribution in [-0.2, 0) is 4.79 Å². The number of nitrogens with one attached hydrogen (secondary N) is 1. The van der Waals surface area contributed by atoms with E-state index in [1.165, 1.54) is 0 Å². The summed E-state index contributed by atoms with van der Waals surface area (Å²) in [5.74, 6) is 0.185. The summed E-state index contributed by atoms with van der Waals surface area (Å²) in [6, 6.07) is 7.64. The summed E-state index contributed by atoms with van der Waals surface area (Å²) in [4.78, 5) is 14.6. The van der Waals surface area contributed by atoms with E-state index in [1.807, 2.05) is 36.1 Å². The van der Waals surface area contributed by atoms with Gasteiger partial charge in [0.15, 0.2) is 0 Å². The average Bonchev–Trinajstić information content (AvgIpc) is 2.75. The minimum atomic E-state index is -0.105. The Balaban J connectivity index is 2.30. The van der Waals surface area contributed by atoms with Gasteiger partial charge in [-0.1, -0.05) is 30.7 Å². The van der Waals surface area contributed by atoms with Gasteiger partial charge in [-0.3, -0.25) is 10.1 Å². The van der Waals surface area contributed by atoms with Crippen molar-refractivity contribution in [1.29, 1.82) is 0 Å². The van der Waals surface area contributed by atoms with E-state index in [9.17, 15) is 4.79 Å². The molecular weight excluding hydrogens is 304 g/mol. The molecule has 5 heteroatoms. The van der Waals surface area contributed by atoms with Crippen LogP contribution in [0.3, 0.4) is 0 Å². The number of rotatable bonds is 5. The summed E-state index contributed by atoms with van der Waals surface area (Å²) in [6.07, 6.45) is 2.79.